The Kier molecular flexibility index (Phi) is 2.42. The van der Waals surface area contributed by atoms with Crippen molar-refractivity contribution in [1.29, 1.82) is 0 Å². The van der Waals surface area contributed by atoms with Crippen LogP contribution in [0.4, 0.5) is 0 Å². The van der Waals surface area contributed by atoms with Crippen molar-refractivity contribution >= 4 is 16.3 Å². The van der Waals surface area contributed by atoms with E-state index >= 15 is 0 Å². The topological polar surface area (TPSA) is 52.2 Å². The number of aromatic nitrogens is 2. The van der Waals surface area contributed by atoms with Crippen LogP contribution in [-0.4, -0.2) is 19.2 Å². The molecule has 1 aromatic heterocycles. The minimum Gasteiger partial charge on any atom is -0.308 e. The van der Waals surface area contributed by atoms with Gasteiger partial charge in [0.25, 0.3) is 0 Å². The zero-order chi connectivity index (χ0) is 10.1. The van der Waals surface area contributed by atoms with Gasteiger partial charge in [0.1, 0.15) is 12.4 Å². The molecular weight excluding hydrogens is 192 g/mol. The Hall–Kier alpha value is -1.30. The van der Waals surface area contributed by atoms with Crippen LogP contribution in [0.1, 0.15) is 0 Å². The van der Waals surface area contributed by atoms with Crippen LogP contribution in [0.3, 0.4) is 0 Å². The van der Waals surface area contributed by atoms with Gasteiger partial charge in [0.2, 0.25) is 0 Å². The quantitative estimate of drug-likeness (QED) is 0.503. The molecule has 1 aromatic rings. The normalized spacial score (nSPS) is 11.2. The molecule has 1 rings (SSSR count). The molecule has 5 nitrogen and oxygen atoms in total. The van der Waals surface area contributed by atoms with E-state index in [0.717, 1.165) is 6.26 Å². The van der Waals surface area contributed by atoms with Crippen molar-refractivity contribution in [3.8, 4) is 6.01 Å². The van der Waals surface area contributed by atoms with E-state index in [9.17, 15) is 8.42 Å². The molecule has 0 saturated heterocycles. The molecule has 0 amide bonds. The summed E-state index contributed by atoms with van der Waals surface area (Å²) in [6, 6.07) is 0.206. The second-order valence-electron chi connectivity index (χ2n) is 2.57. The monoisotopic (exact) mass is 203 g/mol. The highest BCUT2D eigenvalue weighted by Gasteiger charge is 2.19. The maximum absolute atomic E-state index is 10.8. The third-order valence-electron chi connectivity index (χ3n) is 1.40. The van der Waals surface area contributed by atoms with E-state index in [4.69, 9.17) is 4.18 Å². The Morgan fingerprint density at radius 2 is 2.31 bits per heavy atom. The van der Waals surface area contributed by atoms with E-state index in [2.05, 4.69) is 6.58 Å². The standard InChI is InChI=1S/C7H11N2O3S/c1-4-9-6-5-8(2)7(9)12-13(3,10)11/h4-6H,1H2,2-3H3/q+1. The number of nitrogens with zero attached hydrogens (tertiary/aromatic N) is 2. The van der Waals surface area contributed by atoms with E-state index in [-0.39, 0.29) is 6.01 Å². The molecule has 0 aliphatic heterocycles. The van der Waals surface area contributed by atoms with Crippen molar-refractivity contribution in [2.75, 3.05) is 6.26 Å². The van der Waals surface area contributed by atoms with Gasteiger partial charge < -0.3 is 4.18 Å². The van der Waals surface area contributed by atoms with Crippen molar-refractivity contribution in [2.45, 2.75) is 0 Å². The van der Waals surface area contributed by atoms with E-state index in [1.807, 2.05) is 0 Å². The molecule has 0 N–H and O–H groups in total. The third kappa shape index (κ3) is 2.32. The lowest BCUT2D eigenvalue weighted by Crippen LogP contribution is -2.30. The first kappa shape index (κ1) is 9.79. The van der Waals surface area contributed by atoms with Gasteiger partial charge in [0.05, 0.1) is 19.5 Å². The number of rotatable bonds is 3. The molecule has 0 atom stereocenters. The minimum absolute atomic E-state index is 0.206. The Bertz CT molecular complexity index is 419. The van der Waals surface area contributed by atoms with Gasteiger partial charge in [-0.15, -0.1) is 0 Å². The summed E-state index contributed by atoms with van der Waals surface area (Å²) in [6.07, 6.45) is 5.77. The number of hydrogen-bond donors (Lipinski definition) is 0. The van der Waals surface area contributed by atoms with E-state index in [1.54, 1.807) is 24.0 Å². The maximum atomic E-state index is 10.8. The second-order valence-corrected chi connectivity index (χ2v) is 4.14. The number of aryl methyl sites for hydroxylation is 1. The first-order valence-corrected chi connectivity index (χ1v) is 5.34. The van der Waals surface area contributed by atoms with E-state index < -0.39 is 10.1 Å². The molecule has 0 aliphatic rings. The van der Waals surface area contributed by atoms with Crippen LogP contribution in [0.15, 0.2) is 19.0 Å². The molecule has 0 fully saturated rings. The lowest BCUT2D eigenvalue weighted by molar-refractivity contribution is -0.673. The average molecular weight is 203 g/mol. The Labute approximate surface area is 77.0 Å². The average Bonchev–Trinajstić information content (AvgIpc) is 2.30. The summed E-state index contributed by atoms with van der Waals surface area (Å²) in [7, 11) is -1.81. The van der Waals surface area contributed by atoms with Gasteiger partial charge in [-0.1, -0.05) is 6.58 Å². The fraction of sp³-hybridized carbons (Fsp3) is 0.286. The summed E-state index contributed by atoms with van der Waals surface area (Å²) in [5.41, 5.74) is 0. The summed E-state index contributed by atoms with van der Waals surface area (Å²) in [6.45, 7) is 3.51. The van der Waals surface area contributed by atoms with E-state index in [0.29, 0.717) is 0 Å². The number of hydrogen-bond acceptors (Lipinski definition) is 3. The summed E-state index contributed by atoms with van der Waals surface area (Å²) in [5.74, 6) is 0. The first-order chi connectivity index (χ1) is 5.94. The second kappa shape index (κ2) is 3.21. The van der Waals surface area contributed by atoms with Crippen molar-refractivity contribution in [1.82, 2.24) is 4.57 Å². The largest absolute Gasteiger partial charge is 0.476 e. The zero-order valence-corrected chi connectivity index (χ0v) is 8.28. The van der Waals surface area contributed by atoms with Gasteiger partial charge in [0, 0.05) is 0 Å². The molecule has 0 unspecified atom stereocenters. The van der Waals surface area contributed by atoms with Gasteiger partial charge in [-0.05, 0) is 0 Å². The van der Waals surface area contributed by atoms with E-state index in [1.165, 1.54) is 10.8 Å². The van der Waals surface area contributed by atoms with Crippen molar-refractivity contribution < 1.29 is 17.2 Å². The van der Waals surface area contributed by atoms with Crippen molar-refractivity contribution in [3.63, 3.8) is 0 Å². The summed E-state index contributed by atoms with van der Waals surface area (Å²) >= 11 is 0. The predicted molar refractivity (Wildman–Crippen MR) is 47.5 cm³/mol. The van der Waals surface area contributed by atoms with Gasteiger partial charge in [-0.3, -0.25) is 0 Å². The molecular formula is C7H11N2O3S+. The van der Waals surface area contributed by atoms with Crippen LogP contribution in [0.2, 0.25) is 0 Å². The van der Waals surface area contributed by atoms with Crippen LogP contribution in [-0.2, 0) is 17.2 Å². The zero-order valence-electron chi connectivity index (χ0n) is 7.47. The summed E-state index contributed by atoms with van der Waals surface area (Å²) in [4.78, 5) is 0. The van der Waals surface area contributed by atoms with Gasteiger partial charge in [0.15, 0.2) is 0 Å². The Balaban J connectivity index is 3.12. The predicted octanol–water partition coefficient (Wildman–Crippen LogP) is -0.248. The fourth-order valence-electron chi connectivity index (χ4n) is 0.858. The lowest BCUT2D eigenvalue weighted by Gasteiger charge is -1.97. The van der Waals surface area contributed by atoms with Crippen LogP contribution in [0.25, 0.3) is 6.20 Å². The van der Waals surface area contributed by atoms with Crippen molar-refractivity contribution in [2.24, 2.45) is 7.05 Å². The molecule has 13 heavy (non-hydrogen) atoms. The third-order valence-corrected chi connectivity index (χ3v) is 1.85. The van der Waals surface area contributed by atoms with Crippen LogP contribution in [0.5, 0.6) is 6.01 Å². The van der Waals surface area contributed by atoms with Gasteiger partial charge in [-0.2, -0.15) is 17.6 Å². The van der Waals surface area contributed by atoms with Crippen LogP contribution >= 0.6 is 0 Å². The molecule has 72 valence electrons. The molecule has 0 radical (unpaired) electrons. The Morgan fingerprint density at radius 3 is 2.77 bits per heavy atom. The highest BCUT2D eigenvalue weighted by atomic mass is 32.2. The van der Waals surface area contributed by atoms with Gasteiger partial charge in [-0.25, -0.2) is 0 Å². The molecule has 0 aliphatic carbocycles. The summed E-state index contributed by atoms with van der Waals surface area (Å²) in [5, 5.41) is 0. The smallest absolute Gasteiger partial charge is 0.308 e. The molecule has 1 heterocycles. The highest BCUT2D eigenvalue weighted by Crippen LogP contribution is 2.06. The minimum atomic E-state index is -3.49. The number of imidazole rings is 1. The molecule has 0 aromatic carbocycles. The first-order valence-electron chi connectivity index (χ1n) is 3.52. The molecule has 0 bridgehead atoms. The summed E-state index contributed by atoms with van der Waals surface area (Å²) < 4.78 is 29.4. The highest BCUT2D eigenvalue weighted by molar-refractivity contribution is 7.86. The van der Waals surface area contributed by atoms with Crippen LogP contribution in [0, 0.1) is 0 Å². The SMILES string of the molecule is C=Cn1cc[n+](C)c1OS(C)(=O)=O. The Morgan fingerprint density at radius 1 is 1.69 bits per heavy atom. The fourth-order valence-corrected chi connectivity index (χ4v) is 1.33. The molecule has 0 spiro atoms. The van der Waals surface area contributed by atoms with Crippen molar-refractivity contribution in [3.05, 3.63) is 19.0 Å². The lowest BCUT2D eigenvalue weighted by atomic mass is 10.8. The van der Waals surface area contributed by atoms with Gasteiger partial charge >= 0.3 is 16.1 Å². The molecule has 6 heteroatoms. The van der Waals surface area contributed by atoms with Crippen LogP contribution < -0.4 is 8.75 Å². The molecule has 0 saturated carbocycles. The maximum Gasteiger partial charge on any atom is 0.476 e.